The summed E-state index contributed by atoms with van der Waals surface area (Å²) in [5.74, 6) is 0.621. The third-order valence-electron chi connectivity index (χ3n) is 4.15. The van der Waals surface area contributed by atoms with Crippen LogP contribution in [0.1, 0.15) is 32.6 Å². The van der Waals surface area contributed by atoms with Gasteiger partial charge in [-0.2, -0.15) is 0 Å². The van der Waals surface area contributed by atoms with Gasteiger partial charge in [0, 0.05) is 38.0 Å². The summed E-state index contributed by atoms with van der Waals surface area (Å²) in [6.45, 7) is 4.11. The maximum Gasteiger partial charge on any atom is 0.223 e. The highest BCUT2D eigenvalue weighted by Crippen LogP contribution is 2.27. The molecule has 2 rings (SSSR count). The van der Waals surface area contributed by atoms with Gasteiger partial charge in [-0.05, 0) is 31.4 Å². The summed E-state index contributed by atoms with van der Waals surface area (Å²) in [5, 5.41) is 2.97. The standard InChI is InChI=1S/C16H25N3O3S/c1-3-4-9-18-16(20)13-7-11-19(12-8-13)15-14(23(2,21)22)6-5-10-17-15/h5-6,10,13H,3-4,7-9,11-12H2,1-2H3,(H,18,20). The SMILES string of the molecule is CCCCNC(=O)C1CCN(c2ncccc2S(C)(=O)=O)CC1. The van der Waals surface area contributed by atoms with E-state index in [-0.39, 0.29) is 16.7 Å². The van der Waals surface area contributed by atoms with Crippen molar-refractivity contribution >= 4 is 21.6 Å². The molecule has 2 heterocycles. The number of carbonyl (C=O) groups excluding carboxylic acids is 1. The van der Waals surface area contributed by atoms with Gasteiger partial charge in [-0.3, -0.25) is 4.79 Å². The number of nitrogens with one attached hydrogen (secondary N) is 1. The minimum Gasteiger partial charge on any atom is -0.356 e. The second-order valence-corrected chi connectivity index (χ2v) is 7.99. The molecule has 1 aliphatic heterocycles. The van der Waals surface area contributed by atoms with Gasteiger partial charge in [-0.1, -0.05) is 13.3 Å². The zero-order valence-corrected chi connectivity index (χ0v) is 14.6. The van der Waals surface area contributed by atoms with Crippen molar-refractivity contribution in [3.63, 3.8) is 0 Å². The fourth-order valence-electron chi connectivity index (χ4n) is 2.80. The van der Waals surface area contributed by atoms with Crippen molar-refractivity contribution < 1.29 is 13.2 Å². The molecule has 1 N–H and O–H groups in total. The monoisotopic (exact) mass is 339 g/mol. The van der Waals surface area contributed by atoms with Gasteiger partial charge in [0.1, 0.15) is 10.7 Å². The number of carbonyl (C=O) groups is 1. The van der Waals surface area contributed by atoms with E-state index < -0.39 is 9.84 Å². The molecule has 1 amide bonds. The molecule has 1 saturated heterocycles. The van der Waals surface area contributed by atoms with E-state index >= 15 is 0 Å². The molecule has 1 aromatic heterocycles. The molecule has 1 aromatic rings. The van der Waals surface area contributed by atoms with E-state index in [4.69, 9.17) is 0 Å². The molecule has 128 valence electrons. The van der Waals surface area contributed by atoms with Crippen molar-refractivity contribution in [1.82, 2.24) is 10.3 Å². The number of unbranched alkanes of at least 4 members (excludes halogenated alkanes) is 1. The van der Waals surface area contributed by atoms with Gasteiger partial charge in [0.25, 0.3) is 0 Å². The highest BCUT2D eigenvalue weighted by Gasteiger charge is 2.27. The maximum absolute atomic E-state index is 12.1. The van der Waals surface area contributed by atoms with E-state index in [1.54, 1.807) is 18.3 Å². The van der Waals surface area contributed by atoms with E-state index in [0.29, 0.717) is 18.9 Å². The van der Waals surface area contributed by atoms with Gasteiger partial charge in [0.2, 0.25) is 5.91 Å². The van der Waals surface area contributed by atoms with E-state index in [2.05, 4.69) is 17.2 Å². The predicted molar refractivity (Wildman–Crippen MR) is 90.2 cm³/mol. The Kier molecular flexibility index (Phi) is 5.98. The predicted octanol–water partition coefficient (Wildman–Crippen LogP) is 1.62. The summed E-state index contributed by atoms with van der Waals surface area (Å²) in [6, 6.07) is 3.22. The molecule has 7 heteroatoms. The smallest absolute Gasteiger partial charge is 0.223 e. The van der Waals surface area contributed by atoms with Crippen molar-refractivity contribution in [3.05, 3.63) is 18.3 Å². The van der Waals surface area contributed by atoms with Crippen LogP contribution in [0.3, 0.4) is 0 Å². The van der Waals surface area contributed by atoms with Crippen LogP contribution in [0.5, 0.6) is 0 Å². The van der Waals surface area contributed by atoms with Crippen LogP contribution in [-0.4, -0.2) is 45.2 Å². The van der Waals surface area contributed by atoms with Gasteiger partial charge >= 0.3 is 0 Å². The molecule has 0 radical (unpaired) electrons. The number of sulfone groups is 1. The van der Waals surface area contributed by atoms with Crippen molar-refractivity contribution in [2.24, 2.45) is 5.92 Å². The van der Waals surface area contributed by atoms with Crippen LogP contribution in [-0.2, 0) is 14.6 Å². The molecule has 0 spiro atoms. The fraction of sp³-hybridized carbons (Fsp3) is 0.625. The molecule has 6 nitrogen and oxygen atoms in total. The third kappa shape index (κ3) is 4.67. The lowest BCUT2D eigenvalue weighted by Gasteiger charge is -2.33. The van der Waals surface area contributed by atoms with Crippen LogP contribution < -0.4 is 10.2 Å². The molecule has 1 fully saturated rings. The molecule has 0 aromatic carbocycles. The van der Waals surface area contributed by atoms with Crippen LogP contribution in [0.25, 0.3) is 0 Å². The van der Waals surface area contributed by atoms with E-state index in [0.717, 1.165) is 32.2 Å². The summed E-state index contributed by atoms with van der Waals surface area (Å²) >= 11 is 0. The van der Waals surface area contributed by atoms with E-state index in [1.165, 1.54) is 6.26 Å². The van der Waals surface area contributed by atoms with Gasteiger partial charge in [0.05, 0.1) is 0 Å². The molecule has 1 aliphatic rings. The largest absolute Gasteiger partial charge is 0.356 e. The van der Waals surface area contributed by atoms with Gasteiger partial charge in [-0.15, -0.1) is 0 Å². The number of nitrogens with zero attached hydrogens (tertiary/aromatic N) is 2. The number of amides is 1. The number of aromatic nitrogens is 1. The molecule has 0 unspecified atom stereocenters. The van der Waals surface area contributed by atoms with Gasteiger partial charge in [0.15, 0.2) is 9.84 Å². The zero-order chi connectivity index (χ0) is 16.9. The Labute approximate surface area is 138 Å². The molecular weight excluding hydrogens is 314 g/mol. The lowest BCUT2D eigenvalue weighted by molar-refractivity contribution is -0.125. The highest BCUT2D eigenvalue weighted by atomic mass is 32.2. The Bertz CT molecular complexity index is 638. The number of anilines is 1. The number of piperidine rings is 1. The van der Waals surface area contributed by atoms with Crippen LogP contribution in [0, 0.1) is 5.92 Å². The Morgan fingerprint density at radius 2 is 2.09 bits per heavy atom. The molecule has 0 bridgehead atoms. The first-order valence-electron chi connectivity index (χ1n) is 8.11. The van der Waals surface area contributed by atoms with Crippen LogP contribution in [0.2, 0.25) is 0 Å². The zero-order valence-electron chi connectivity index (χ0n) is 13.8. The summed E-state index contributed by atoms with van der Waals surface area (Å²) in [7, 11) is -3.31. The Morgan fingerprint density at radius 3 is 2.70 bits per heavy atom. The number of pyridine rings is 1. The molecule has 0 saturated carbocycles. The quantitative estimate of drug-likeness (QED) is 0.797. The van der Waals surface area contributed by atoms with Gasteiger partial charge < -0.3 is 10.2 Å². The van der Waals surface area contributed by atoms with Crippen LogP contribution in [0.4, 0.5) is 5.82 Å². The summed E-state index contributed by atoms with van der Waals surface area (Å²) in [5.41, 5.74) is 0. The molecular formula is C16H25N3O3S. The van der Waals surface area contributed by atoms with Crippen LogP contribution in [0.15, 0.2) is 23.2 Å². The Morgan fingerprint density at radius 1 is 1.39 bits per heavy atom. The maximum atomic E-state index is 12.1. The normalized spacial score (nSPS) is 16.3. The van der Waals surface area contributed by atoms with E-state index in [9.17, 15) is 13.2 Å². The Balaban J connectivity index is 1.99. The average Bonchev–Trinajstić information content (AvgIpc) is 2.54. The lowest BCUT2D eigenvalue weighted by atomic mass is 9.96. The molecule has 0 atom stereocenters. The second-order valence-electron chi connectivity index (χ2n) is 6.00. The second kappa shape index (κ2) is 7.77. The van der Waals surface area contributed by atoms with E-state index in [1.807, 2.05) is 4.90 Å². The first-order chi connectivity index (χ1) is 10.9. The lowest BCUT2D eigenvalue weighted by Crippen LogP contribution is -2.41. The Hall–Kier alpha value is -1.63. The highest BCUT2D eigenvalue weighted by molar-refractivity contribution is 7.90. The third-order valence-corrected chi connectivity index (χ3v) is 5.26. The first kappa shape index (κ1) is 17.7. The molecule has 0 aliphatic carbocycles. The number of hydrogen-bond donors (Lipinski definition) is 1. The minimum absolute atomic E-state index is 0.00787. The topological polar surface area (TPSA) is 79.4 Å². The summed E-state index contributed by atoms with van der Waals surface area (Å²) in [6.07, 6.45) is 6.30. The molecule has 23 heavy (non-hydrogen) atoms. The van der Waals surface area contributed by atoms with Crippen molar-refractivity contribution in [3.8, 4) is 0 Å². The van der Waals surface area contributed by atoms with Crippen molar-refractivity contribution in [2.75, 3.05) is 30.8 Å². The van der Waals surface area contributed by atoms with Crippen molar-refractivity contribution in [2.45, 2.75) is 37.5 Å². The summed E-state index contributed by atoms with van der Waals surface area (Å²) in [4.78, 5) is 18.6. The van der Waals surface area contributed by atoms with Gasteiger partial charge in [-0.25, -0.2) is 13.4 Å². The van der Waals surface area contributed by atoms with Crippen molar-refractivity contribution in [1.29, 1.82) is 0 Å². The number of rotatable bonds is 6. The van der Waals surface area contributed by atoms with Crippen LogP contribution >= 0.6 is 0 Å². The minimum atomic E-state index is -3.31. The summed E-state index contributed by atoms with van der Waals surface area (Å²) < 4.78 is 23.8. The number of hydrogen-bond acceptors (Lipinski definition) is 5. The fourth-order valence-corrected chi connectivity index (χ4v) is 3.63. The first-order valence-corrected chi connectivity index (χ1v) is 10.0. The average molecular weight is 339 g/mol.